The molecule has 0 aromatic carbocycles. The molecule has 1 fully saturated rings. The van der Waals surface area contributed by atoms with Gasteiger partial charge in [-0.2, -0.15) is 0 Å². The Labute approximate surface area is 89.2 Å². The molecule has 0 aromatic heterocycles. The largest absolute Gasteiger partial charge is 0.315 e. The number of nitrogens with one attached hydrogen (secondary N) is 1. The predicted molar refractivity (Wildman–Crippen MR) is 62.0 cm³/mol. The minimum Gasteiger partial charge on any atom is -0.315 e. The molecule has 1 aliphatic rings. The summed E-state index contributed by atoms with van der Waals surface area (Å²) in [4.78, 5) is 2.57. The molecule has 2 nitrogen and oxygen atoms in total. The average molecular weight is 282 g/mol. The van der Waals surface area contributed by atoms with E-state index < -0.39 is 0 Å². The number of hydrogen-bond donors (Lipinski definition) is 1. The summed E-state index contributed by atoms with van der Waals surface area (Å²) in [5.74, 6) is 0. The first-order chi connectivity index (χ1) is 5.93. The van der Waals surface area contributed by atoms with Crippen molar-refractivity contribution in [3.05, 3.63) is 0 Å². The highest BCUT2D eigenvalue weighted by molar-refractivity contribution is 14.1. The van der Waals surface area contributed by atoms with Gasteiger partial charge in [-0.3, -0.25) is 0 Å². The second-order valence-electron chi connectivity index (χ2n) is 3.34. The van der Waals surface area contributed by atoms with Gasteiger partial charge in [0.05, 0.1) is 0 Å². The maximum absolute atomic E-state index is 3.43. The molecule has 0 spiro atoms. The van der Waals surface area contributed by atoms with E-state index in [-0.39, 0.29) is 0 Å². The Morgan fingerprint density at radius 3 is 2.50 bits per heavy atom. The lowest BCUT2D eigenvalue weighted by atomic mass is 10.1. The maximum atomic E-state index is 3.43. The molecule has 0 radical (unpaired) electrons. The Kier molecular flexibility index (Phi) is 6.34. The van der Waals surface area contributed by atoms with Crippen molar-refractivity contribution in [2.75, 3.05) is 37.2 Å². The Morgan fingerprint density at radius 1 is 1.08 bits per heavy atom. The fraction of sp³-hybridized carbons (Fsp3) is 1.00. The molecule has 0 bridgehead atoms. The number of alkyl halides is 1. The molecule has 0 saturated carbocycles. The van der Waals surface area contributed by atoms with Crippen molar-refractivity contribution < 1.29 is 0 Å². The summed E-state index contributed by atoms with van der Waals surface area (Å²) in [5.41, 5.74) is 0. The van der Waals surface area contributed by atoms with Gasteiger partial charge in [-0.1, -0.05) is 29.0 Å². The van der Waals surface area contributed by atoms with Gasteiger partial charge in [0.2, 0.25) is 0 Å². The number of rotatable bonds is 5. The van der Waals surface area contributed by atoms with Gasteiger partial charge in [0.15, 0.2) is 0 Å². The van der Waals surface area contributed by atoms with Gasteiger partial charge >= 0.3 is 0 Å². The van der Waals surface area contributed by atoms with E-state index in [1.54, 1.807) is 0 Å². The maximum Gasteiger partial charge on any atom is 0.0121 e. The molecule has 0 aliphatic carbocycles. The molecule has 1 N–H and O–H groups in total. The van der Waals surface area contributed by atoms with Crippen LogP contribution in [0.15, 0.2) is 0 Å². The summed E-state index contributed by atoms with van der Waals surface area (Å²) in [7, 11) is 0. The highest BCUT2D eigenvalue weighted by Crippen LogP contribution is 2.06. The number of likely N-dealkylation sites (tertiary alicyclic amines) is 1. The van der Waals surface area contributed by atoms with Crippen molar-refractivity contribution in [2.24, 2.45) is 0 Å². The average Bonchev–Trinajstić information content (AvgIpc) is 2.14. The van der Waals surface area contributed by atoms with Crippen LogP contribution in [0.5, 0.6) is 0 Å². The lowest BCUT2D eigenvalue weighted by molar-refractivity contribution is 0.229. The summed E-state index contributed by atoms with van der Waals surface area (Å²) in [6.07, 6.45) is 4.26. The van der Waals surface area contributed by atoms with Crippen LogP contribution >= 0.6 is 22.6 Å². The lowest BCUT2D eigenvalue weighted by Gasteiger charge is -2.26. The Balaban J connectivity index is 1.91. The van der Waals surface area contributed by atoms with E-state index in [2.05, 4.69) is 32.8 Å². The summed E-state index contributed by atoms with van der Waals surface area (Å²) in [6, 6.07) is 0. The second kappa shape index (κ2) is 7.09. The smallest absolute Gasteiger partial charge is 0.0121 e. The van der Waals surface area contributed by atoms with Crippen molar-refractivity contribution in [1.82, 2.24) is 10.2 Å². The van der Waals surface area contributed by atoms with E-state index in [1.165, 1.54) is 49.9 Å². The van der Waals surface area contributed by atoms with Crippen LogP contribution in [0.3, 0.4) is 0 Å². The molecular formula is C9H19IN2. The molecule has 1 aliphatic heterocycles. The Morgan fingerprint density at radius 2 is 1.83 bits per heavy atom. The lowest BCUT2D eigenvalue weighted by Crippen LogP contribution is -2.36. The van der Waals surface area contributed by atoms with E-state index in [0.717, 1.165) is 6.54 Å². The van der Waals surface area contributed by atoms with Crippen molar-refractivity contribution >= 4 is 22.6 Å². The zero-order chi connectivity index (χ0) is 8.65. The van der Waals surface area contributed by atoms with Gasteiger partial charge in [-0.25, -0.2) is 0 Å². The van der Waals surface area contributed by atoms with Gasteiger partial charge in [0.25, 0.3) is 0 Å². The van der Waals surface area contributed by atoms with Gasteiger partial charge in [0.1, 0.15) is 0 Å². The molecule has 1 rings (SSSR count). The molecule has 12 heavy (non-hydrogen) atoms. The van der Waals surface area contributed by atoms with Crippen LogP contribution in [0.2, 0.25) is 0 Å². The minimum atomic E-state index is 1.16. The summed E-state index contributed by atoms with van der Waals surface area (Å²) in [5, 5.41) is 3.43. The molecule has 0 aromatic rings. The normalized spacial score (nSPS) is 19.8. The summed E-state index contributed by atoms with van der Waals surface area (Å²) >= 11 is 2.41. The summed E-state index contributed by atoms with van der Waals surface area (Å²) in [6.45, 7) is 6.23. The van der Waals surface area contributed by atoms with Crippen LogP contribution in [-0.4, -0.2) is 42.1 Å². The van der Waals surface area contributed by atoms with E-state index in [4.69, 9.17) is 0 Å². The quantitative estimate of drug-likeness (QED) is 0.467. The highest BCUT2D eigenvalue weighted by Gasteiger charge is 2.08. The van der Waals surface area contributed by atoms with E-state index >= 15 is 0 Å². The van der Waals surface area contributed by atoms with E-state index in [0.29, 0.717) is 0 Å². The zero-order valence-corrected chi connectivity index (χ0v) is 9.85. The van der Waals surface area contributed by atoms with Crippen molar-refractivity contribution in [3.63, 3.8) is 0 Å². The Hall–Kier alpha value is 0.650. The molecule has 1 heterocycles. The van der Waals surface area contributed by atoms with Crippen LogP contribution in [0.25, 0.3) is 0 Å². The first-order valence-corrected chi connectivity index (χ1v) is 6.45. The van der Waals surface area contributed by atoms with Gasteiger partial charge in [0, 0.05) is 24.1 Å². The Bertz CT molecular complexity index is 103. The van der Waals surface area contributed by atoms with Crippen molar-refractivity contribution in [1.29, 1.82) is 0 Å². The number of nitrogens with zero attached hydrogens (tertiary/aromatic N) is 1. The van der Waals surface area contributed by atoms with Crippen molar-refractivity contribution in [2.45, 2.75) is 19.3 Å². The van der Waals surface area contributed by atoms with Gasteiger partial charge in [-0.15, -0.1) is 0 Å². The van der Waals surface area contributed by atoms with Crippen LogP contribution in [0.1, 0.15) is 19.3 Å². The first-order valence-electron chi connectivity index (χ1n) is 4.92. The first kappa shape index (κ1) is 10.7. The predicted octanol–water partition coefficient (Wildman–Crippen LogP) is 1.50. The molecule has 0 amide bonds. The fourth-order valence-corrected chi connectivity index (χ4v) is 1.99. The summed E-state index contributed by atoms with van der Waals surface area (Å²) < 4.78 is 1.22. The minimum absolute atomic E-state index is 1.16. The topological polar surface area (TPSA) is 15.3 Å². The second-order valence-corrected chi connectivity index (χ2v) is 4.42. The molecular weight excluding hydrogens is 263 g/mol. The monoisotopic (exact) mass is 282 g/mol. The molecule has 72 valence electrons. The van der Waals surface area contributed by atoms with Crippen LogP contribution < -0.4 is 5.32 Å². The number of piperidine rings is 1. The third-order valence-corrected chi connectivity index (χ3v) is 2.86. The molecule has 3 heteroatoms. The SMILES string of the molecule is ICCNCCN1CCCCC1. The van der Waals surface area contributed by atoms with Crippen LogP contribution in [0, 0.1) is 0 Å². The molecule has 1 saturated heterocycles. The molecule has 0 unspecified atom stereocenters. The van der Waals surface area contributed by atoms with Crippen LogP contribution in [-0.2, 0) is 0 Å². The van der Waals surface area contributed by atoms with E-state index in [9.17, 15) is 0 Å². The number of hydrogen-bond acceptors (Lipinski definition) is 2. The third kappa shape index (κ3) is 4.62. The third-order valence-electron chi connectivity index (χ3n) is 2.32. The van der Waals surface area contributed by atoms with Gasteiger partial charge < -0.3 is 10.2 Å². The van der Waals surface area contributed by atoms with Crippen molar-refractivity contribution in [3.8, 4) is 0 Å². The fourth-order valence-electron chi connectivity index (χ4n) is 1.61. The van der Waals surface area contributed by atoms with Crippen LogP contribution in [0.4, 0.5) is 0 Å². The highest BCUT2D eigenvalue weighted by atomic mass is 127. The van der Waals surface area contributed by atoms with Gasteiger partial charge in [-0.05, 0) is 25.9 Å². The zero-order valence-electron chi connectivity index (χ0n) is 7.69. The van der Waals surface area contributed by atoms with E-state index in [1.807, 2.05) is 0 Å². The molecule has 0 atom stereocenters. The standard InChI is InChI=1S/C9H19IN2/c10-4-5-11-6-9-12-7-2-1-3-8-12/h11H,1-9H2. The number of halogens is 1.